The Labute approximate surface area is 198 Å². The smallest absolute Gasteiger partial charge is 0.333 e. The summed E-state index contributed by atoms with van der Waals surface area (Å²) in [5.74, 6) is -0.506. The van der Waals surface area contributed by atoms with Crippen LogP contribution in [0.5, 0.6) is 0 Å². The van der Waals surface area contributed by atoms with E-state index in [1.807, 2.05) is 11.8 Å². The number of hydrogen-bond donors (Lipinski definition) is 2. The zero-order valence-corrected chi connectivity index (χ0v) is 20.6. The summed E-state index contributed by atoms with van der Waals surface area (Å²) in [7, 11) is -0.864. The summed E-state index contributed by atoms with van der Waals surface area (Å²) < 4.78 is 28.1. The van der Waals surface area contributed by atoms with Crippen molar-refractivity contribution in [3.8, 4) is 0 Å². The maximum atomic E-state index is 13.3. The van der Waals surface area contributed by atoms with Gasteiger partial charge in [0.05, 0.1) is 4.90 Å². The number of amides is 1. The molecule has 0 atom stereocenters. The summed E-state index contributed by atoms with van der Waals surface area (Å²) in [4.78, 5) is 41.0. The third kappa shape index (κ3) is 5.17. The molecule has 0 spiro atoms. The fraction of sp³-hybridized carbons (Fsp3) is 0.500. The van der Waals surface area contributed by atoms with Gasteiger partial charge < -0.3 is 16.0 Å². The summed E-state index contributed by atoms with van der Waals surface area (Å²) >= 11 is 0. The van der Waals surface area contributed by atoms with Crippen LogP contribution in [0.15, 0.2) is 38.8 Å². The number of rotatable bonds is 8. The van der Waals surface area contributed by atoms with Crippen LogP contribution in [0, 0.1) is 0 Å². The van der Waals surface area contributed by atoms with Gasteiger partial charge in [-0.3, -0.25) is 14.2 Å². The Morgan fingerprint density at radius 1 is 1.12 bits per heavy atom. The van der Waals surface area contributed by atoms with Crippen LogP contribution in [0.2, 0.25) is 0 Å². The molecule has 0 radical (unpaired) electrons. The van der Waals surface area contributed by atoms with Crippen LogP contribution in [0.1, 0.15) is 32.6 Å². The number of nitrogens with two attached hydrogens (primary N) is 1. The highest BCUT2D eigenvalue weighted by Gasteiger charge is 2.24. The van der Waals surface area contributed by atoms with E-state index in [9.17, 15) is 22.8 Å². The number of piperidine rings is 1. The average molecular weight is 493 g/mol. The van der Waals surface area contributed by atoms with Crippen molar-refractivity contribution in [2.75, 3.05) is 43.1 Å². The minimum Gasteiger partial charge on any atom is -0.383 e. The molecule has 1 saturated heterocycles. The molecule has 1 amide bonds. The summed E-state index contributed by atoms with van der Waals surface area (Å²) in [6, 6.07) is 5.79. The van der Waals surface area contributed by atoms with Gasteiger partial charge in [-0.2, -0.15) is 0 Å². The Bertz CT molecular complexity index is 1280. The third-order valence-corrected chi connectivity index (χ3v) is 7.57. The maximum Gasteiger partial charge on any atom is 0.333 e. The van der Waals surface area contributed by atoms with Crippen LogP contribution in [-0.2, 0) is 27.9 Å². The van der Waals surface area contributed by atoms with Crippen molar-refractivity contribution >= 4 is 33.1 Å². The first-order valence-electron chi connectivity index (χ1n) is 11.3. The van der Waals surface area contributed by atoms with Gasteiger partial charge >= 0.3 is 5.69 Å². The van der Waals surface area contributed by atoms with Gasteiger partial charge in [0.1, 0.15) is 18.1 Å². The molecule has 0 saturated carbocycles. The number of sulfonamides is 1. The van der Waals surface area contributed by atoms with Gasteiger partial charge in [0, 0.05) is 39.4 Å². The second-order valence-electron chi connectivity index (χ2n) is 8.47. The molecule has 0 bridgehead atoms. The number of hydrogen-bond acceptors (Lipinski definition) is 7. The van der Waals surface area contributed by atoms with Crippen LogP contribution in [0.25, 0.3) is 0 Å². The molecule has 1 aliphatic rings. The molecule has 1 aliphatic heterocycles. The van der Waals surface area contributed by atoms with E-state index >= 15 is 0 Å². The largest absolute Gasteiger partial charge is 0.383 e. The molecular weight excluding hydrogens is 460 g/mol. The summed E-state index contributed by atoms with van der Waals surface area (Å²) in [5.41, 5.74) is 5.49. The molecule has 3 rings (SSSR count). The SMILES string of the molecule is CCCn1c(N)c(N2CCCCC2)c(=O)n(CC(=O)Nc2cccc(S(=O)(=O)N(C)C)c2)c1=O. The average Bonchev–Trinajstić information content (AvgIpc) is 2.80. The topological polar surface area (TPSA) is 140 Å². The highest BCUT2D eigenvalue weighted by molar-refractivity contribution is 7.89. The van der Waals surface area contributed by atoms with E-state index in [0.29, 0.717) is 26.1 Å². The Kier molecular flexibility index (Phi) is 7.82. The number of anilines is 3. The van der Waals surface area contributed by atoms with Gasteiger partial charge in [-0.1, -0.05) is 13.0 Å². The van der Waals surface area contributed by atoms with Crippen molar-refractivity contribution in [2.45, 2.75) is 50.6 Å². The summed E-state index contributed by atoms with van der Waals surface area (Å²) in [6.07, 6.45) is 3.52. The molecule has 3 N–H and O–H groups in total. The Morgan fingerprint density at radius 2 is 1.79 bits per heavy atom. The number of nitrogens with zero attached hydrogens (tertiary/aromatic N) is 4. The molecule has 1 aromatic carbocycles. The number of nitrogen functional groups attached to an aromatic ring is 1. The lowest BCUT2D eigenvalue weighted by Crippen LogP contribution is -2.47. The van der Waals surface area contributed by atoms with Crippen LogP contribution < -0.4 is 27.2 Å². The molecule has 186 valence electrons. The van der Waals surface area contributed by atoms with Crippen LogP contribution in [0.4, 0.5) is 17.2 Å². The van der Waals surface area contributed by atoms with E-state index < -0.39 is 33.7 Å². The van der Waals surface area contributed by atoms with Crippen molar-refractivity contribution in [1.82, 2.24) is 13.4 Å². The molecule has 1 aromatic heterocycles. The normalized spacial score (nSPS) is 14.4. The fourth-order valence-electron chi connectivity index (χ4n) is 3.98. The van der Waals surface area contributed by atoms with E-state index in [4.69, 9.17) is 5.73 Å². The zero-order chi connectivity index (χ0) is 25.0. The predicted molar refractivity (Wildman–Crippen MR) is 132 cm³/mol. The van der Waals surface area contributed by atoms with Crippen molar-refractivity contribution in [2.24, 2.45) is 0 Å². The van der Waals surface area contributed by atoms with Gasteiger partial charge in [-0.05, 0) is 43.9 Å². The van der Waals surface area contributed by atoms with Crippen LogP contribution >= 0.6 is 0 Å². The van der Waals surface area contributed by atoms with Gasteiger partial charge in [-0.15, -0.1) is 0 Å². The first-order valence-corrected chi connectivity index (χ1v) is 12.7. The first kappa shape index (κ1) is 25.5. The monoisotopic (exact) mass is 492 g/mol. The van der Waals surface area contributed by atoms with Crippen molar-refractivity contribution < 1.29 is 13.2 Å². The zero-order valence-electron chi connectivity index (χ0n) is 19.8. The molecule has 2 heterocycles. The van der Waals surface area contributed by atoms with E-state index in [2.05, 4.69) is 5.32 Å². The van der Waals surface area contributed by atoms with Crippen molar-refractivity contribution in [1.29, 1.82) is 0 Å². The Balaban J connectivity index is 1.95. The number of nitrogens with one attached hydrogen (secondary N) is 1. The van der Waals surface area contributed by atoms with Gasteiger partial charge in [0.2, 0.25) is 15.9 Å². The van der Waals surface area contributed by atoms with Crippen LogP contribution in [-0.4, -0.2) is 54.9 Å². The molecule has 0 unspecified atom stereocenters. The van der Waals surface area contributed by atoms with Crippen LogP contribution in [0.3, 0.4) is 0 Å². The Hall–Kier alpha value is -3.12. The van der Waals surface area contributed by atoms with Gasteiger partial charge in [-0.25, -0.2) is 22.1 Å². The molecule has 1 fully saturated rings. The third-order valence-electron chi connectivity index (χ3n) is 5.76. The lowest BCUT2D eigenvalue weighted by molar-refractivity contribution is -0.116. The predicted octanol–water partition coefficient (Wildman–Crippen LogP) is 0.882. The second kappa shape index (κ2) is 10.4. The highest BCUT2D eigenvalue weighted by Crippen LogP contribution is 2.22. The first-order chi connectivity index (χ1) is 16.1. The molecule has 34 heavy (non-hydrogen) atoms. The molecule has 0 aliphatic carbocycles. The lowest BCUT2D eigenvalue weighted by Gasteiger charge is -2.30. The molecule has 11 nitrogen and oxygen atoms in total. The number of carbonyl (C=O) groups is 1. The number of benzene rings is 1. The minimum absolute atomic E-state index is 0.0117. The van der Waals surface area contributed by atoms with Gasteiger partial charge in [0.15, 0.2) is 0 Å². The van der Waals surface area contributed by atoms with E-state index in [0.717, 1.165) is 28.1 Å². The van der Waals surface area contributed by atoms with Crippen molar-refractivity contribution in [3.05, 3.63) is 45.1 Å². The Morgan fingerprint density at radius 3 is 2.41 bits per heavy atom. The standard InChI is InChI=1S/C22H32N6O5S/c1-4-11-27-20(23)19(26-12-6-5-7-13-26)21(30)28(22(27)31)15-18(29)24-16-9-8-10-17(14-16)34(32,33)25(2)3/h8-10,14H,4-7,11-13,15,23H2,1-3H3,(H,24,29). The highest BCUT2D eigenvalue weighted by atomic mass is 32.2. The van der Waals surface area contributed by atoms with E-state index in [-0.39, 0.29) is 22.1 Å². The van der Waals surface area contributed by atoms with E-state index in [1.54, 1.807) is 0 Å². The van der Waals surface area contributed by atoms with Gasteiger partial charge in [0.25, 0.3) is 5.56 Å². The summed E-state index contributed by atoms with van der Waals surface area (Å²) in [5, 5.41) is 2.59. The maximum absolute atomic E-state index is 13.3. The molecule has 2 aromatic rings. The quantitative estimate of drug-likeness (QED) is 0.557. The van der Waals surface area contributed by atoms with Crippen molar-refractivity contribution in [3.63, 3.8) is 0 Å². The molecule has 12 heteroatoms. The summed E-state index contributed by atoms with van der Waals surface area (Å²) in [6.45, 7) is 3.00. The van der Waals surface area contributed by atoms with E-state index in [1.165, 1.54) is 42.9 Å². The second-order valence-corrected chi connectivity index (χ2v) is 10.6. The molecular formula is C22H32N6O5S. The number of aromatic nitrogens is 2. The number of carbonyl (C=O) groups excluding carboxylic acids is 1. The fourth-order valence-corrected chi connectivity index (χ4v) is 4.93. The lowest BCUT2D eigenvalue weighted by atomic mass is 10.1. The minimum atomic E-state index is -3.69.